The van der Waals surface area contributed by atoms with E-state index in [0.29, 0.717) is 18.7 Å². The van der Waals surface area contributed by atoms with Crippen LogP contribution in [0.1, 0.15) is 33.3 Å². The molecule has 0 aliphatic heterocycles. The molecule has 0 radical (unpaired) electrons. The second-order valence-corrected chi connectivity index (χ2v) is 5.52. The van der Waals surface area contributed by atoms with Crippen LogP contribution in [0, 0.1) is 11.6 Å². The van der Waals surface area contributed by atoms with E-state index in [1.807, 2.05) is 6.92 Å². The van der Waals surface area contributed by atoms with Crippen molar-refractivity contribution in [1.82, 2.24) is 5.32 Å². The molecule has 114 valence electrons. The summed E-state index contributed by atoms with van der Waals surface area (Å²) in [7, 11) is 0. The number of nitrogens with zero attached hydrogens (tertiary/aromatic N) is 1. The summed E-state index contributed by atoms with van der Waals surface area (Å²) in [6.07, 6.45) is 0. The van der Waals surface area contributed by atoms with E-state index in [1.54, 1.807) is 20.8 Å². The Morgan fingerprint density at radius 1 is 1.20 bits per heavy atom. The highest BCUT2D eigenvalue weighted by molar-refractivity contribution is 5.51. The molecule has 0 aromatic heterocycles. The number of likely N-dealkylation sites (N-methyl/N-ethyl adjacent to an activating group) is 1. The van der Waals surface area contributed by atoms with Gasteiger partial charge in [0.25, 0.3) is 0 Å². The summed E-state index contributed by atoms with van der Waals surface area (Å²) < 4.78 is 28.3. The Balaban J connectivity index is 3.04. The van der Waals surface area contributed by atoms with Crippen LogP contribution in [-0.4, -0.2) is 30.3 Å². The molecule has 1 aromatic rings. The molecular weight excluding hydrogens is 262 g/mol. The van der Waals surface area contributed by atoms with Crippen LogP contribution in [0.4, 0.5) is 14.5 Å². The molecule has 0 spiro atoms. The Hall–Kier alpha value is -1.20. The van der Waals surface area contributed by atoms with Crippen molar-refractivity contribution in [3.8, 4) is 0 Å². The van der Waals surface area contributed by atoms with Crippen LogP contribution in [0.5, 0.6) is 0 Å². The maximum atomic E-state index is 14.2. The minimum atomic E-state index is -1.02. The van der Waals surface area contributed by atoms with E-state index in [2.05, 4.69) is 5.32 Å². The minimum Gasteiger partial charge on any atom is -0.389 e. The normalized spacial score (nSPS) is 11.8. The van der Waals surface area contributed by atoms with Crippen molar-refractivity contribution in [2.45, 2.75) is 39.8 Å². The molecule has 20 heavy (non-hydrogen) atoms. The Bertz CT molecular complexity index is 421. The second kappa shape index (κ2) is 6.99. The van der Waals surface area contributed by atoms with Gasteiger partial charge >= 0.3 is 0 Å². The Kier molecular flexibility index (Phi) is 5.89. The molecule has 0 fully saturated rings. The SMILES string of the molecule is CCNCc1cc(F)c(N(CC)CC(C)(C)O)c(F)c1. The van der Waals surface area contributed by atoms with Gasteiger partial charge in [-0.3, -0.25) is 0 Å². The van der Waals surface area contributed by atoms with Gasteiger partial charge in [-0.15, -0.1) is 0 Å². The van der Waals surface area contributed by atoms with E-state index in [9.17, 15) is 13.9 Å². The molecule has 0 saturated heterocycles. The maximum absolute atomic E-state index is 14.2. The lowest BCUT2D eigenvalue weighted by molar-refractivity contribution is 0.0873. The number of hydrogen-bond donors (Lipinski definition) is 2. The largest absolute Gasteiger partial charge is 0.389 e. The fourth-order valence-corrected chi connectivity index (χ4v) is 2.11. The number of benzene rings is 1. The molecule has 1 aromatic carbocycles. The zero-order chi connectivity index (χ0) is 15.3. The van der Waals surface area contributed by atoms with Crippen LogP contribution >= 0.6 is 0 Å². The van der Waals surface area contributed by atoms with Crippen LogP contribution in [-0.2, 0) is 6.54 Å². The van der Waals surface area contributed by atoms with Crippen molar-refractivity contribution in [3.63, 3.8) is 0 Å². The molecule has 0 aliphatic rings. The zero-order valence-electron chi connectivity index (χ0n) is 12.6. The summed E-state index contributed by atoms with van der Waals surface area (Å²) in [4.78, 5) is 1.52. The molecule has 1 rings (SSSR count). The summed E-state index contributed by atoms with van der Waals surface area (Å²) in [5, 5.41) is 12.9. The van der Waals surface area contributed by atoms with Crippen molar-refractivity contribution in [1.29, 1.82) is 0 Å². The van der Waals surface area contributed by atoms with E-state index in [4.69, 9.17) is 0 Å². The van der Waals surface area contributed by atoms with Gasteiger partial charge in [-0.2, -0.15) is 0 Å². The van der Waals surface area contributed by atoms with Crippen LogP contribution in [0.15, 0.2) is 12.1 Å². The molecule has 0 heterocycles. The molecule has 0 saturated carbocycles. The molecule has 3 nitrogen and oxygen atoms in total. The summed E-state index contributed by atoms with van der Waals surface area (Å²) in [6, 6.07) is 2.68. The summed E-state index contributed by atoms with van der Waals surface area (Å²) >= 11 is 0. The highest BCUT2D eigenvalue weighted by Crippen LogP contribution is 2.26. The lowest BCUT2D eigenvalue weighted by Gasteiger charge is -2.30. The average Bonchev–Trinajstić information content (AvgIpc) is 2.32. The molecule has 0 bridgehead atoms. The van der Waals surface area contributed by atoms with Crippen molar-refractivity contribution in [3.05, 3.63) is 29.3 Å². The van der Waals surface area contributed by atoms with Gasteiger partial charge in [0.15, 0.2) is 0 Å². The van der Waals surface area contributed by atoms with Crippen LogP contribution in [0.25, 0.3) is 0 Å². The highest BCUT2D eigenvalue weighted by atomic mass is 19.1. The average molecular weight is 286 g/mol. The van der Waals surface area contributed by atoms with Gasteiger partial charge < -0.3 is 15.3 Å². The highest BCUT2D eigenvalue weighted by Gasteiger charge is 2.23. The zero-order valence-corrected chi connectivity index (χ0v) is 12.6. The first kappa shape index (κ1) is 16.9. The second-order valence-electron chi connectivity index (χ2n) is 5.52. The third-order valence-corrected chi connectivity index (χ3v) is 2.93. The fraction of sp³-hybridized carbons (Fsp3) is 0.600. The molecule has 2 N–H and O–H groups in total. The van der Waals surface area contributed by atoms with Crippen molar-refractivity contribution in [2.24, 2.45) is 0 Å². The Morgan fingerprint density at radius 2 is 1.75 bits per heavy atom. The molecule has 0 atom stereocenters. The summed E-state index contributed by atoms with van der Waals surface area (Å²) in [5.74, 6) is -1.19. The third kappa shape index (κ3) is 4.72. The predicted molar refractivity (Wildman–Crippen MR) is 77.9 cm³/mol. The number of nitrogens with one attached hydrogen (secondary N) is 1. The van der Waals surface area contributed by atoms with Crippen molar-refractivity contribution in [2.75, 3.05) is 24.5 Å². The van der Waals surface area contributed by atoms with E-state index < -0.39 is 17.2 Å². The first-order valence-corrected chi connectivity index (χ1v) is 6.94. The van der Waals surface area contributed by atoms with E-state index in [0.717, 1.165) is 6.54 Å². The first-order valence-electron chi connectivity index (χ1n) is 6.94. The maximum Gasteiger partial charge on any atom is 0.149 e. The predicted octanol–water partition coefficient (Wildman–Crippen LogP) is 2.67. The lowest BCUT2D eigenvalue weighted by Crippen LogP contribution is -2.39. The Labute approximate surface area is 119 Å². The van der Waals surface area contributed by atoms with E-state index >= 15 is 0 Å². The number of anilines is 1. The van der Waals surface area contributed by atoms with Gasteiger partial charge in [-0.1, -0.05) is 6.92 Å². The third-order valence-electron chi connectivity index (χ3n) is 2.93. The molecule has 5 heteroatoms. The van der Waals surface area contributed by atoms with E-state index in [1.165, 1.54) is 17.0 Å². The quantitative estimate of drug-likeness (QED) is 0.809. The number of rotatable bonds is 7. The summed E-state index contributed by atoms with van der Waals surface area (Å²) in [5.41, 5.74) is -0.517. The van der Waals surface area contributed by atoms with Gasteiger partial charge in [0.05, 0.1) is 5.60 Å². The van der Waals surface area contributed by atoms with Gasteiger partial charge in [-0.05, 0) is 45.0 Å². The topological polar surface area (TPSA) is 35.5 Å². The fourth-order valence-electron chi connectivity index (χ4n) is 2.11. The molecular formula is C15H24F2N2O. The van der Waals surface area contributed by atoms with Crippen molar-refractivity contribution >= 4 is 5.69 Å². The Morgan fingerprint density at radius 3 is 2.15 bits per heavy atom. The standard InChI is InChI=1S/C15H24F2N2O/c1-5-18-9-11-7-12(16)14(13(17)8-11)19(6-2)10-15(3,4)20/h7-8,18,20H,5-6,9-10H2,1-4H3. The van der Waals surface area contributed by atoms with Gasteiger partial charge in [0, 0.05) is 19.6 Å². The summed E-state index contributed by atoms with van der Waals surface area (Å²) in [6.45, 7) is 8.73. The van der Waals surface area contributed by atoms with Crippen LogP contribution in [0.3, 0.4) is 0 Å². The molecule has 0 aliphatic carbocycles. The number of hydrogen-bond acceptors (Lipinski definition) is 3. The number of halogens is 2. The first-order chi connectivity index (χ1) is 9.28. The smallest absolute Gasteiger partial charge is 0.149 e. The molecule has 0 unspecified atom stereocenters. The van der Waals surface area contributed by atoms with Crippen LogP contribution in [0.2, 0.25) is 0 Å². The van der Waals surface area contributed by atoms with E-state index in [-0.39, 0.29) is 12.2 Å². The number of aliphatic hydroxyl groups is 1. The monoisotopic (exact) mass is 286 g/mol. The lowest BCUT2D eigenvalue weighted by atomic mass is 10.1. The van der Waals surface area contributed by atoms with Crippen LogP contribution < -0.4 is 10.2 Å². The minimum absolute atomic E-state index is 0.0742. The van der Waals surface area contributed by atoms with Gasteiger partial charge in [-0.25, -0.2) is 8.78 Å². The van der Waals surface area contributed by atoms with Gasteiger partial charge in [0.2, 0.25) is 0 Å². The molecule has 0 amide bonds. The van der Waals surface area contributed by atoms with Gasteiger partial charge in [0.1, 0.15) is 17.3 Å². The van der Waals surface area contributed by atoms with Crippen molar-refractivity contribution < 1.29 is 13.9 Å².